The van der Waals surface area contributed by atoms with Crippen LogP contribution in [0.2, 0.25) is 0 Å². The van der Waals surface area contributed by atoms with Crippen molar-refractivity contribution >= 4 is 29.9 Å². The number of hydrogen-bond acceptors (Lipinski definition) is 3. The van der Waals surface area contributed by atoms with Gasteiger partial charge in [0, 0.05) is 44.8 Å². The molecule has 2 aliphatic rings. The Morgan fingerprint density at radius 3 is 2.55 bits per heavy atom. The molecule has 0 aliphatic carbocycles. The van der Waals surface area contributed by atoms with Crippen LogP contribution in [-0.4, -0.2) is 70.9 Å². The third kappa shape index (κ3) is 6.57. The molecule has 2 atom stereocenters. The Morgan fingerprint density at radius 2 is 1.97 bits per heavy atom. The predicted molar refractivity (Wildman–Crippen MR) is 132 cm³/mol. The number of aliphatic imine (C=N–C) groups is 1. The molecule has 6 nitrogen and oxygen atoms in total. The number of halogens is 1. The first-order valence-electron chi connectivity index (χ1n) is 11.2. The molecule has 2 aliphatic heterocycles. The zero-order valence-corrected chi connectivity index (χ0v) is 21.3. The molecule has 0 aromatic carbocycles. The van der Waals surface area contributed by atoms with Crippen molar-refractivity contribution in [2.24, 2.45) is 23.9 Å². The van der Waals surface area contributed by atoms with Gasteiger partial charge < -0.3 is 10.2 Å². The predicted octanol–water partition coefficient (Wildman–Crippen LogP) is 3.55. The van der Waals surface area contributed by atoms with Crippen molar-refractivity contribution in [1.82, 2.24) is 24.9 Å². The van der Waals surface area contributed by atoms with E-state index in [9.17, 15) is 0 Å². The smallest absolute Gasteiger partial charge is 0.193 e. The highest BCUT2D eigenvalue weighted by Crippen LogP contribution is 2.27. The van der Waals surface area contributed by atoms with Gasteiger partial charge in [0.2, 0.25) is 0 Å². The molecule has 0 saturated carbocycles. The van der Waals surface area contributed by atoms with Crippen LogP contribution >= 0.6 is 24.0 Å². The molecule has 2 saturated heterocycles. The number of hydrogen-bond donors (Lipinski definition) is 1. The zero-order chi connectivity index (χ0) is 20.1. The maximum atomic E-state index is 5.11. The topological polar surface area (TPSA) is 48.7 Å². The van der Waals surface area contributed by atoms with Gasteiger partial charge in [0.1, 0.15) is 0 Å². The van der Waals surface area contributed by atoms with Crippen LogP contribution in [0.1, 0.15) is 58.4 Å². The number of piperidine rings is 1. The standard InChI is InChI=1S/C22H40N6.HI/c1-6-23-22(28-12-9-19(16-28)20-13-25-26(5)15-20)24-14-21(17(2)3)27-10-7-18(4)8-11-27;/h13,15,17-19,21H,6-12,14,16H2,1-5H3,(H,23,24);1H. The Labute approximate surface area is 194 Å². The van der Waals surface area contributed by atoms with Gasteiger partial charge in [-0.25, -0.2) is 0 Å². The highest BCUT2D eigenvalue weighted by Gasteiger charge is 2.29. The second-order valence-electron chi connectivity index (χ2n) is 9.10. The van der Waals surface area contributed by atoms with Gasteiger partial charge in [-0.2, -0.15) is 5.10 Å². The molecule has 3 heterocycles. The molecule has 1 aromatic heterocycles. The van der Waals surface area contributed by atoms with Gasteiger partial charge in [-0.3, -0.25) is 14.6 Å². The molecule has 1 aromatic rings. The summed E-state index contributed by atoms with van der Waals surface area (Å²) in [5.41, 5.74) is 1.35. The van der Waals surface area contributed by atoms with Crippen molar-refractivity contribution in [3.05, 3.63) is 18.0 Å². The molecule has 1 N–H and O–H groups in total. The maximum Gasteiger partial charge on any atom is 0.193 e. The molecule has 0 spiro atoms. The van der Waals surface area contributed by atoms with Crippen LogP contribution < -0.4 is 5.32 Å². The van der Waals surface area contributed by atoms with Crippen molar-refractivity contribution in [3.63, 3.8) is 0 Å². The van der Waals surface area contributed by atoms with E-state index in [0.29, 0.717) is 17.9 Å². The summed E-state index contributed by atoms with van der Waals surface area (Å²) in [6.07, 6.45) is 8.00. The van der Waals surface area contributed by atoms with E-state index in [1.165, 1.54) is 37.9 Å². The van der Waals surface area contributed by atoms with E-state index >= 15 is 0 Å². The summed E-state index contributed by atoms with van der Waals surface area (Å²) in [4.78, 5) is 10.2. The zero-order valence-electron chi connectivity index (χ0n) is 19.0. The number of rotatable bonds is 6. The van der Waals surface area contributed by atoms with Crippen LogP contribution in [0.15, 0.2) is 17.4 Å². The molecule has 29 heavy (non-hydrogen) atoms. The fourth-order valence-electron chi connectivity index (χ4n) is 4.59. The molecular weight excluding hydrogens is 475 g/mol. The quantitative estimate of drug-likeness (QED) is 0.357. The van der Waals surface area contributed by atoms with E-state index < -0.39 is 0 Å². The lowest BCUT2D eigenvalue weighted by atomic mass is 9.94. The van der Waals surface area contributed by atoms with Crippen molar-refractivity contribution in [2.45, 2.75) is 58.9 Å². The lowest BCUT2D eigenvalue weighted by molar-refractivity contribution is 0.113. The van der Waals surface area contributed by atoms with E-state index in [4.69, 9.17) is 4.99 Å². The number of guanidine groups is 1. The van der Waals surface area contributed by atoms with Gasteiger partial charge in [-0.15, -0.1) is 24.0 Å². The highest BCUT2D eigenvalue weighted by atomic mass is 127. The first kappa shape index (κ1) is 24.4. The molecule has 7 heteroatoms. The Hall–Kier alpha value is -0.830. The average Bonchev–Trinajstić information content (AvgIpc) is 3.31. The maximum absolute atomic E-state index is 5.11. The first-order valence-corrected chi connectivity index (χ1v) is 11.2. The van der Waals surface area contributed by atoms with E-state index in [1.54, 1.807) is 0 Å². The SMILES string of the molecule is CCNC(=NCC(C(C)C)N1CCC(C)CC1)N1CCC(c2cnn(C)c2)C1.I. The van der Waals surface area contributed by atoms with E-state index in [2.05, 4.69) is 54.1 Å². The van der Waals surface area contributed by atoms with Crippen LogP contribution in [0.25, 0.3) is 0 Å². The molecule has 0 bridgehead atoms. The summed E-state index contributed by atoms with van der Waals surface area (Å²) in [6, 6.07) is 0.540. The minimum atomic E-state index is 0. The average molecular weight is 517 g/mol. The van der Waals surface area contributed by atoms with Crippen molar-refractivity contribution < 1.29 is 0 Å². The van der Waals surface area contributed by atoms with Crippen LogP contribution in [0.4, 0.5) is 0 Å². The molecule has 166 valence electrons. The summed E-state index contributed by atoms with van der Waals surface area (Å²) in [5.74, 6) is 3.15. The Balaban J connectivity index is 0.00000300. The minimum absolute atomic E-state index is 0. The van der Waals surface area contributed by atoms with Gasteiger partial charge in [0.25, 0.3) is 0 Å². The Morgan fingerprint density at radius 1 is 1.24 bits per heavy atom. The summed E-state index contributed by atoms with van der Waals surface area (Å²) < 4.78 is 1.91. The van der Waals surface area contributed by atoms with Crippen LogP contribution in [0.3, 0.4) is 0 Å². The Bertz CT molecular complexity index is 635. The second-order valence-corrected chi connectivity index (χ2v) is 9.10. The van der Waals surface area contributed by atoms with Crippen LogP contribution in [0.5, 0.6) is 0 Å². The largest absolute Gasteiger partial charge is 0.357 e. The van der Waals surface area contributed by atoms with Gasteiger partial charge >= 0.3 is 0 Å². The lowest BCUT2D eigenvalue weighted by Crippen LogP contribution is -2.46. The second kappa shape index (κ2) is 11.5. The van der Waals surface area contributed by atoms with Gasteiger partial charge in [-0.05, 0) is 56.7 Å². The molecule has 2 fully saturated rings. The third-order valence-corrected chi connectivity index (χ3v) is 6.50. The summed E-state index contributed by atoms with van der Waals surface area (Å²) in [6.45, 7) is 15.6. The fraction of sp³-hybridized carbons (Fsp3) is 0.818. The van der Waals surface area contributed by atoms with E-state index in [0.717, 1.165) is 38.1 Å². The van der Waals surface area contributed by atoms with Crippen molar-refractivity contribution in [3.8, 4) is 0 Å². The van der Waals surface area contributed by atoms with Gasteiger partial charge in [0.05, 0.1) is 12.7 Å². The third-order valence-electron chi connectivity index (χ3n) is 6.50. The molecular formula is C22H41IN6. The molecule has 0 radical (unpaired) electrons. The highest BCUT2D eigenvalue weighted by molar-refractivity contribution is 14.0. The van der Waals surface area contributed by atoms with E-state index in [1.807, 2.05) is 17.9 Å². The number of nitrogens with zero attached hydrogens (tertiary/aromatic N) is 5. The minimum Gasteiger partial charge on any atom is -0.357 e. The summed E-state index contributed by atoms with van der Waals surface area (Å²) >= 11 is 0. The number of aryl methyl sites for hydroxylation is 1. The number of aromatic nitrogens is 2. The van der Waals surface area contributed by atoms with Crippen LogP contribution in [-0.2, 0) is 7.05 Å². The van der Waals surface area contributed by atoms with Gasteiger partial charge in [0.15, 0.2) is 5.96 Å². The molecule has 0 amide bonds. The Kier molecular flexibility index (Phi) is 9.72. The van der Waals surface area contributed by atoms with E-state index in [-0.39, 0.29) is 24.0 Å². The number of nitrogens with one attached hydrogen (secondary N) is 1. The monoisotopic (exact) mass is 516 g/mol. The van der Waals surface area contributed by atoms with Crippen LogP contribution in [0, 0.1) is 11.8 Å². The summed E-state index contributed by atoms with van der Waals surface area (Å²) in [7, 11) is 2.00. The first-order chi connectivity index (χ1) is 13.5. The summed E-state index contributed by atoms with van der Waals surface area (Å²) in [5, 5.41) is 7.89. The molecule has 3 rings (SSSR count). The molecule has 2 unspecified atom stereocenters. The van der Waals surface area contributed by atoms with Crippen molar-refractivity contribution in [2.75, 3.05) is 39.3 Å². The normalized spacial score (nSPS) is 22.8. The van der Waals surface area contributed by atoms with Gasteiger partial charge in [-0.1, -0.05) is 20.8 Å². The lowest BCUT2D eigenvalue weighted by Gasteiger charge is -2.38. The van der Waals surface area contributed by atoms with Crippen molar-refractivity contribution in [1.29, 1.82) is 0 Å². The fourth-order valence-corrected chi connectivity index (χ4v) is 4.59. The number of likely N-dealkylation sites (tertiary alicyclic amines) is 2.